The molecule has 8 aromatic rings. The summed E-state index contributed by atoms with van der Waals surface area (Å²) in [4.78, 5) is 38.3. The van der Waals surface area contributed by atoms with Gasteiger partial charge < -0.3 is 27.9 Å². The average Bonchev–Trinajstić information content (AvgIpc) is 3.34. The van der Waals surface area contributed by atoms with E-state index in [0.717, 1.165) is 89.9 Å². The zero-order valence-corrected chi connectivity index (χ0v) is 42.6. The van der Waals surface area contributed by atoms with Crippen molar-refractivity contribution < 1.29 is 42.1 Å². The SMILES string of the molecule is C[N+](C)(C)CCOP(=O)([O-])OC[C@@H](COC(=O)CCCCCCCCCc1ccc2ccc3cccc4ccc1c2c34)OC(=O)CCCCCCCCCc1ccc2ccc3cccc4ccc1c2c34. The second-order valence-corrected chi connectivity index (χ2v) is 21.9. The molecule has 370 valence electrons. The molecule has 8 aromatic carbocycles. The Kier molecular flexibility index (Phi) is 17.8. The van der Waals surface area contributed by atoms with Crippen molar-refractivity contribution in [3.05, 3.63) is 120 Å². The van der Waals surface area contributed by atoms with Crippen LogP contribution in [-0.4, -0.2) is 70.0 Å². The molecule has 70 heavy (non-hydrogen) atoms. The molecular weight excluding hydrogens is 894 g/mol. The monoisotopic (exact) mass is 965 g/mol. The Morgan fingerprint density at radius 1 is 0.486 bits per heavy atom. The minimum absolute atomic E-state index is 0.0482. The molecule has 0 fully saturated rings. The normalized spacial score (nSPS) is 13.6. The van der Waals surface area contributed by atoms with E-state index >= 15 is 0 Å². The molecule has 0 spiro atoms. The highest BCUT2D eigenvalue weighted by Crippen LogP contribution is 2.40. The summed E-state index contributed by atoms with van der Waals surface area (Å²) < 4.78 is 34.4. The lowest BCUT2D eigenvalue weighted by Crippen LogP contribution is -2.37. The summed E-state index contributed by atoms with van der Waals surface area (Å²) in [6, 6.07) is 40.2. The van der Waals surface area contributed by atoms with E-state index in [4.69, 9.17) is 18.5 Å². The summed E-state index contributed by atoms with van der Waals surface area (Å²) in [6.07, 6.45) is 15.8. The fourth-order valence-corrected chi connectivity index (χ4v) is 11.0. The summed E-state index contributed by atoms with van der Waals surface area (Å²) in [7, 11) is 1.11. The number of aryl methyl sites for hydroxylation is 2. The summed E-state index contributed by atoms with van der Waals surface area (Å²) in [5, 5.41) is 16.0. The molecule has 8 rings (SSSR count). The molecule has 0 aromatic heterocycles. The Bertz CT molecular complexity index is 2980. The number of ether oxygens (including phenoxy) is 2. The van der Waals surface area contributed by atoms with Crippen LogP contribution in [0.5, 0.6) is 0 Å². The topological polar surface area (TPSA) is 111 Å². The van der Waals surface area contributed by atoms with Gasteiger partial charge >= 0.3 is 11.9 Å². The molecule has 0 aliphatic rings. The van der Waals surface area contributed by atoms with E-state index in [-0.39, 0.29) is 26.1 Å². The lowest BCUT2D eigenvalue weighted by molar-refractivity contribution is -0.870. The molecule has 0 aliphatic heterocycles. The van der Waals surface area contributed by atoms with Crippen LogP contribution in [-0.2, 0) is 45.5 Å². The maximum absolute atomic E-state index is 12.9. The van der Waals surface area contributed by atoms with Gasteiger partial charge in [-0.15, -0.1) is 0 Å². The second-order valence-electron chi connectivity index (χ2n) is 20.5. The second kappa shape index (κ2) is 24.3. The lowest BCUT2D eigenvalue weighted by atomic mass is 9.90. The predicted octanol–water partition coefficient (Wildman–Crippen LogP) is 14.2. The van der Waals surface area contributed by atoms with Crippen LogP contribution in [0.2, 0.25) is 0 Å². The molecule has 0 aliphatic carbocycles. The number of carbonyl (C=O) groups is 2. The van der Waals surface area contributed by atoms with Crippen molar-refractivity contribution in [3.8, 4) is 0 Å². The van der Waals surface area contributed by atoms with Crippen molar-refractivity contribution in [1.29, 1.82) is 0 Å². The van der Waals surface area contributed by atoms with Gasteiger partial charge in [0, 0.05) is 12.8 Å². The molecule has 1 unspecified atom stereocenters. The number of likely N-dealkylation sites (N-methyl/N-ethyl adjacent to an activating group) is 1. The maximum Gasteiger partial charge on any atom is 0.306 e. The molecular formula is C60H72NO8P. The van der Waals surface area contributed by atoms with Gasteiger partial charge in [-0.1, -0.05) is 173 Å². The van der Waals surface area contributed by atoms with Gasteiger partial charge in [-0.25, -0.2) is 0 Å². The van der Waals surface area contributed by atoms with E-state index in [9.17, 15) is 19.0 Å². The molecule has 0 bridgehead atoms. The first-order chi connectivity index (χ1) is 33.9. The van der Waals surface area contributed by atoms with Gasteiger partial charge in [0.2, 0.25) is 0 Å². The lowest BCUT2D eigenvalue weighted by Gasteiger charge is -2.28. The average molecular weight is 966 g/mol. The molecule has 0 heterocycles. The summed E-state index contributed by atoms with van der Waals surface area (Å²) >= 11 is 0. The number of benzene rings is 8. The fourth-order valence-electron chi connectivity index (χ4n) is 10.2. The molecule has 9 nitrogen and oxygen atoms in total. The standard InChI is InChI=1S/C60H72NO8P/c1-61(2,3)40-41-67-70(64,65)68-43-52(69-56(63)27-17-13-9-5-7-11-15-21-45-29-31-51-35-33-47-23-19-25-49-37-39-54(45)60(51)58(47)49)42-66-55(62)26-16-12-8-4-6-10-14-20-44-28-30-50-34-32-46-22-18-24-48-36-38-53(44)59(50)57(46)48/h18-19,22-25,28-39,52H,4-17,20-21,26-27,40-43H2,1-3H3/t52-/m1/s1. The molecule has 0 saturated heterocycles. The Hall–Kier alpha value is -5.15. The number of phosphoric ester groups is 1. The van der Waals surface area contributed by atoms with Crippen LogP contribution < -0.4 is 4.89 Å². The van der Waals surface area contributed by atoms with Crippen LogP contribution >= 0.6 is 7.82 Å². The highest BCUT2D eigenvalue weighted by atomic mass is 31.2. The van der Waals surface area contributed by atoms with Gasteiger partial charge in [0.05, 0.1) is 27.7 Å². The molecule has 10 heteroatoms. The maximum atomic E-state index is 12.9. The van der Waals surface area contributed by atoms with Gasteiger partial charge in [-0.2, -0.15) is 0 Å². The molecule has 0 saturated carbocycles. The molecule has 2 atom stereocenters. The van der Waals surface area contributed by atoms with Gasteiger partial charge in [-0.3, -0.25) is 14.2 Å². The number of nitrogens with zero attached hydrogens (tertiary/aromatic N) is 1. The molecule has 0 amide bonds. The third kappa shape index (κ3) is 13.8. The number of hydrogen-bond donors (Lipinski definition) is 0. The van der Waals surface area contributed by atoms with Crippen LogP contribution in [0.15, 0.2) is 109 Å². The van der Waals surface area contributed by atoms with E-state index in [2.05, 4.69) is 109 Å². The Balaban J connectivity index is 0.700. The van der Waals surface area contributed by atoms with Crippen molar-refractivity contribution in [1.82, 2.24) is 0 Å². The number of unbranched alkanes of at least 4 members (excludes halogenated alkanes) is 12. The van der Waals surface area contributed by atoms with Crippen LogP contribution in [0.3, 0.4) is 0 Å². The van der Waals surface area contributed by atoms with Gasteiger partial charge in [0.25, 0.3) is 7.82 Å². The van der Waals surface area contributed by atoms with E-state index < -0.39 is 32.5 Å². The van der Waals surface area contributed by atoms with Gasteiger partial charge in [0.1, 0.15) is 19.8 Å². The highest BCUT2D eigenvalue weighted by Gasteiger charge is 2.22. The van der Waals surface area contributed by atoms with E-state index in [1.165, 1.54) is 75.8 Å². The van der Waals surface area contributed by atoms with Crippen LogP contribution in [0.25, 0.3) is 64.6 Å². The van der Waals surface area contributed by atoms with Gasteiger partial charge in [-0.05, 0) is 114 Å². The summed E-state index contributed by atoms with van der Waals surface area (Å²) in [5.41, 5.74) is 2.83. The largest absolute Gasteiger partial charge is 0.756 e. The number of phosphoric acid groups is 1. The first kappa shape index (κ1) is 51.2. The quantitative estimate of drug-likeness (QED) is 0.0144. The van der Waals surface area contributed by atoms with Gasteiger partial charge in [0.15, 0.2) is 6.10 Å². The number of esters is 2. The fraction of sp³-hybridized carbons (Fsp3) is 0.433. The van der Waals surface area contributed by atoms with Crippen molar-refractivity contribution in [2.75, 3.05) is 47.5 Å². The van der Waals surface area contributed by atoms with Crippen LogP contribution in [0.4, 0.5) is 0 Å². The van der Waals surface area contributed by atoms with Crippen molar-refractivity contribution in [3.63, 3.8) is 0 Å². The minimum atomic E-state index is -4.67. The zero-order chi connectivity index (χ0) is 48.9. The number of carbonyl (C=O) groups excluding carboxylic acids is 2. The number of quaternary nitrogens is 1. The smallest absolute Gasteiger partial charge is 0.306 e. The first-order valence-corrected chi connectivity index (χ1v) is 27.4. The van der Waals surface area contributed by atoms with E-state index in [0.29, 0.717) is 23.9 Å². The predicted molar refractivity (Wildman–Crippen MR) is 285 cm³/mol. The first-order valence-electron chi connectivity index (χ1n) is 26.0. The highest BCUT2D eigenvalue weighted by molar-refractivity contribution is 7.45. The third-order valence-electron chi connectivity index (χ3n) is 14.1. The number of hydrogen-bond acceptors (Lipinski definition) is 8. The van der Waals surface area contributed by atoms with Crippen LogP contribution in [0, 0.1) is 0 Å². The van der Waals surface area contributed by atoms with Crippen molar-refractivity contribution >= 4 is 84.4 Å². The number of rotatable bonds is 30. The minimum Gasteiger partial charge on any atom is -0.756 e. The van der Waals surface area contributed by atoms with Crippen molar-refractivity contribution in [2.45, 2.75) is 122 Å². The Morgan fingerprint density at radius 3 is 1.36 bits per heavy atom. The zero-order valence-electron chi connectivity index (χ0n) is 41.7. The molecule has 0 radical (unpaired) electrons. The Morgan fingerprint density at radius 2 is 0.886 bits per heavy atom. The Labute approximate surface area is 414 Å². The van der Waals surface area contributed by atoms with E-state index in [1.807, 2.05) is 21.1 Å². The van der Waals surface area contributed by atoms with Crippen molar-refractivity contribution in [2.24, 2.45) is 0 Å². The third-order valence-corrected chi connectivity index (χ3v) is 15.0. The van der Waals surface area contributed by atoms with Crippen LogP contribution in [0.1, 0.15) is 114 Å². The molecule has 0 N–H and O–H groups in total. The van der Waals surface area contributed by atoms with E-state index in [1.54, 1.807) is 0 Å². The summed E-state index contributed by atoms with van der Waals surface area (Å²) in [6.45, 7) is -0.370. The summed E-state index contributed by atoms with van der Waals surface area (Å²) in [5.74, 6) is -0.879.